The predicted molar refractivity (Wildman–Crippen MR) is 136 cm³/mol. The fraction of sp³-hybridized carbons (Fsp3) is 0.741. The van der Waals surface area contributed by atoms with Gasteiger partial charge >= 0.3 is 6.03 Å². The van der Waals surface area contributed by atoms with Crippen LogP contribution in [0.5, 0.6) is 0 Å². The normalized spacial score (nSPS) is 28.1. The fourth-order valence-electron chi connectivity index (χ4n) is 6.15. The number of hydrogen-bond donors (Lipinski definition) is 1. The maximum absolute atomic E-state index is 13.7. The zero-order valence-corrected chi connectivity index (χ0v) is 22.0. The minimum absolute atomic E-state index is 0.0266. The lowest BCUT2D eigenvalue weighted by molar-refractivity contribution is -0.188. The molecule has 3 atom stereocenters. The van der Waals surface area contributed by atoms with Crippen LogP contribution in [0, 0.1) is 11.8 Å². The summed E-state index contributed by atoms with van der Waals surface area (Å²) in [5.74, 6) is 0.0678. The van der Waals surface area contributed by atoms with Crippen LogP contribution in [0.1, 0.15) is 71.6 Å². The van der Waals surface area contributed by atoms with Gasteiger partial charge in [0.25, 0.3) is 0 Å². The quantitative estimate of drug-likeness (QED) is 0.573. The molecule has 0 aromatic heterocycles. The summed E-state index contributed by atoms with van der Waals surface area (Å²) in [7, 11) is 1.75. The summed E-state index contributed by atoms with van der Waals surface area (Å²) in [6.07, 6.45) is 11.5. The van der Waals surface area contributed by atoms with E-state index >= 15 is 0 Å². The highest BCUT2D eigenvalue weighted by Crippen LogP contribution is 2.31. The van der Waals surface area contributed by atoms with Crippen LogP contribution in [0.3, 0.4) is 0 Å². The van der Waals surface area contributed by atoms with Gasteiger partial charge in [-0.3, -0.25) is 9.59 Å². The molecule has 2 aliphatic heterocycles. The highest BCUT2D eigenvalue weighted by molar-refractivity contribution is 5.91. The lowest BCUT2D eigenvalue weighted by Crippen LogP contribution is -2.76. The summed E-state index contributed by atoms with van der Waals surface area (Å²) in [4.78, 5) is 43.9. The minimum Gasteiger partial charge on any atom is -0.337 e. The van der Waals surface area contributed by atoms with Gasteiger partial charge < -0.3 is 15.1 Å². The molecule has 4 aliphatic rings. The van der Waals surface area contributed by atoms with Crippen LogP contribution < -0.4 is 5.32 Å². The number of halogens is 1. The summed E-state index contributed by atoms with van der Waals surface area (Å²) in [5.41, 5.74) is 0.961. The van der Waals surface area contributed by atoms with Crippen molar-refractivity contribution >= 4 is 17.8 Å². The van der Waals surface area contributed by atoms with E-state index in [2.05, 4.69) is 12.2 Å². The van der Waals surface area contributed by atoms with Crippen molar-refractivity contribution in [3.05, 3.63) is 23.6 Å². The van der Waals surface area contributed by atoms with Crippen molar-refractivity contribution in [2.24, 2.45) is 11.8 Å². The molecule has 0 aromatic rings. The molecule has 0 bridgehead atoms. The van der Waals surface area contributed by atoms with Crippen LogP contribution in [0.2, 0.25) is 0 Å². The topological polar surface area (TPSA) is 76.2 Å². The van der Waals surface area contributed by atoms with E-state index in [9.17, 15) is 18.8 Å². The third-order valence-electron chi connectivity index (χ3n) is 8.17. The first kappa shape index (κ1) is 26.6. The third-order valence-corrected chi connectivity index (χ3v) is 8.17. The van der Waals surface area contributed by atoms with Crippen molar-refractivity contribution in [1.29, 1.82) is 0 Å². The van der Waals surface area contributed by atoms with Crippen LogP contribution in [-0.2, 0) is 9.59 Å². The summed E-state index contributed by atoms with van der Waals surface area (Å²) < 4.78 is 13.7. The molecule has 36 heavy (non-hydrogen) atoms. The Morgan fingerprint density at radius 1 is 1.17 bits per heavy atom. The van der Waals surface area contributed by atoms with Gasteiger partial charge in [0.2, 0.25) is 11.8 Å². The number of nitrogens with one attached hydrogen (secondary N) is 1. The molecule has 4 rings (SSSR count). The molecule has 0 aromatic carbocycles. The van der Waals surface area contributed by atoms with E-state index in [0.29, 0.717) is 38.4 Å². The highest BCUT2D eigenvalue weighted by Gasteiger charge is 2.50. The maximum atomic E-state index is 13.7. The molecule has 8 nitrogen and oxygen atoms in total. The molecule has 2 aliphatic carbocycles. The molecule has 1 unspecified atom stereocenters. The van der Waals surface area contributed by atoms with Crippen LogP contribution in [-0.4, -0.2) is 83.1 Å². The second-order valence-electron chi connectivity index (χ2n) is 11.0. The van der Waals surface area contributed by atoms with Crippen molar-refractivity contribution < 1.29 is 18.8 Å². The first-order chi connectivity index (χ1) is 17.3. The van der Waals surface area contributed by atoms with Gasteiger partial charge in [0, 0.05) is 26.1 Å². The second-order valence-corrected chi connectivity index (χ2v) is 11.0. The highest BCUT2D eigenvalue weighted by atomic mass is 19.1. The van der Waals surface area contributed by atoms with E-state index in [1.165, 1.54) is 25.3 Å². The van der Waals surface area contributed by atoms with Crippen molar-refractivity contribution in [2.45, 2.75) is 83.8 Å². The number of likely N-dealkylation sites (N-methyl/N-ethyl adjacent to an activating group) is 1. The molecular weight excluding hydrogens is 461 g/mol. The van der Waals surface area contributed by atoms with Crippen LogP contribution in [0.25, 0.3) is 0 Å². The number of unbranched alkanes of at least 4 members (excludes halogenated alkanes) is 1. The molecule has 3 fully saturated rings. The summed E-state index contributed by atoms with van der Waals surface area (Å²) >= 11 is 0. The Kier molecular flexibility index (Phi) is 8.70. The average molecular weight is 504 g/mol. The van der Waals surface area contributed by atoms with Gasteiger partial charge in [0.15, 0.2) is 0 Å². The molecule has 0 spiro atoms. The zero-order chi connectivity index (χ0) is 25.8. The Labute approximate surface area is 214 Å². The zero-order valence-electron chi connectivity index (χ0n) is 22.0. The van der Waals surface area contributed by atoms with Gasteiger partial charge in [-0.15, -0.1) is 0 Å². The molecule has 4 amide bonds. The third kappa shape index (κ3) is 5.76. The number of allylic oxidation sites excluding steroid dienone is 3. The van der Waals surface area contributed by atoms with Crippen LogP contribution in [0.4, 0.5) is 9.18 Å². The second kappa shape index (κ2) is 11.8. The van der Waals surface area contributed by atoms with E-state index in [0.717, 1.165) is 31.3 Å². The Morgan fingerprint density at radius 2 is 1.92 bits per heavy atom. The summed E-state index contributed by atoms with van der Waals surface area (Å²) in [6.45, 7) is 5.31. The van der Waals surface area contributed by atoms with Crippen molar-refractivity contribution in [2.75, 3.05) is 33.2 Å². The van der Waals surface area contributed by atoms with E-state index in [4.69, 9.17) is 0 Å². The van der Waals surface area contributed by atoms with Crippen molar-refractivity contribution in [3.63, 3.8) is 0 Å². The number of hydrazine groups is 1. The molecule has 2 saturated heterocycles. The van der Waals surface area contributed by atoms with Gasteiger partial charge in [-0.05, 0) is 37.7 Å². The number of carbonyl (C=O) groups is 3. The number of fused-ring (bicyclic) bond motifs is 1. The van der Waals surface area contributed by atoms with Gasteiger partial charge in [0.1, 0.15) is 18.0 Å². The number of urea groups is 1. The minimum atomic E-state index is -0.531. The number of piperazine rings is 1. The van der Waals surface area contributed by atoms with Crippen LogP contribution >= 0.6 is 0 Å². The van der Waals surface area contributed by atoms with Crippen LogP contribution in [0.15, 0.2) is 23.6 Å². The smallest absolute Gasteiger partial charge is 0.334 e. The molecule has 200 valence electrons. The lowest BCUT2D eigenvalue weighted by atomic mass is 9.88. The summed E-state index contributed by atoms with van der Waals surface area (Å²) in [5, 5.41) is 6.27. The number of hydrogen-bond acceptors (Lipinski definition) is 4. The lowest BCUT2D eigenvalue weighted by Gasteiger charge is -2.55. The van der Waals surface area contributed by atoms with E-state index < -0.39 is 12.2 Å². The maximum Gasteiger partial charge on any atom is 0.334 e. The molecular formula is C27H42FN5O3. The fourth-order valence-corrected chi connectivity index (χ4v) is 6.15. The molecule has 2 heterocycles. The SMILES string of the molecule is CCCC[C@H]1C(=O)N(CC2CCCCC2)C[C@H]2N1C(=O)CN(C)N2C(=O)NCC1=CC=C(F)C(C)C1. The Morgan fingerprint density at radius 3 is 2.61 bits per heavy atom. The van der Waals surface area contributed by atoms with Gasteiger partial charge in [0.05, 0.1) is 13.1 Å². The monoisotopic (exact) mass is 503 g/mol. The first-order valence-electron chi connectivity index (χ1n) is 13.7. The van der Waals surface area contributed by atoms with Gasteiger partial charge in [-0.2, -0.15) is 0 Å². The van der Waals surface area contributed by atoms with E-state index in [-0.39, 0.29) is 36.1 Å². The largest absolute Gasteiger partial charge is 0.337 e. The number of nitrogens with zero attached hydrogens (tertiary/aromatic N) is 4. The Bertz CT molecular complexity index is 900. The van der Waals surface area contributed by atoms with Gasteiger partial charge in [-0.1, -0.05) is 57.6 Å². The number of carbonyl (C=O) groups excluding carboxylic acids is 3. The standard InChI is InChI=1S/C27H42FN5O3/c1-4-5-11-23-26(35)31(16-20-9-7-6-8-10-20)17-24-32(23)25(34)18-30(3)33(24)27(36)29-15-21-12-13-22(28)19(2)14-21/h12-13,19-20,23-24H,4-11,14-18H2,1-3H3,(H,29,36)/t19?,23-,24-/m0/s1. The predicted octanol–water partition coefficient (Wildman–Crippen LogP) is 3.81. The van der Waals surface area contributed by atoms with Crippen molar-refractivity contribution in [3.8, 4) is 0 Å². The van der Waals surface area contributed by atoms with E-state index in [1.807, 2.05) is 11.8 Å². The Balaban J connectivity index is 1.53. The molecule has 0 radical (unpaired) electrons. The van der Waals surface area contributed by atoms with E-state index in [1.54, 1.807) is 28.0 Å². The number of amides is 4. The Hall–Kier alpha value is -2.42. The van der Waals surface area contributed by atoms with Crippen molar-refractivity contribution in [1.82, 2.24) is 25.1 Å². The molecule has 9 heteroatoms. The number of rotatable bonds is 7. The molecule has 1 saturated carbocycles. The average Bonchev–Trinajstić information content (AvgIpc) is 2.85. The van der Waals surface area contributed by atoms with Gasteiger partial charge in [-0.25, -0.2) is 19.2 Å². The summed E-state index contributed by atoms with van der Waals surface area (Å²) in [6, 6.07) is -0.830. The first-order valence-corrected chi connectivity index (χ1v) is 13.7. The molecule has 1 N–H and O–H groups in total.